The molecule has 0 radical (unpaired) electrons. The predicted molar refractivity (Wildman–Crippen MR) is 114 cm³/mol. The van der Waals surface area contributed by atoms with Crippen LogP contribution in [0, 0.1) is 5.82 Å². The van der Waals surface area contributed by atoms with E-state index >= 15 is 0 Å². The van der Waals surface area contributed by atoms with E-state index in [1.165, 1.54) is 23.7 Å². The molecule has 0 spiro atoms. The zero-order chi connectivity index (χ0) is 20.1. The number of thiazole rings is 1. The third-order valence-electron chi connectivity index (χ3n) is 5.65. The summed E-state index contributed by atoms with van der Waals surface area (Å²) in [6, 6.07) is 12.2. The molecule has 8 heteroatoms. The van der Waals surface area contributed by atoms with Gasteiger partial charge in [-0.15, -0.1) is 0 Å². The summed E-state index contributed by atoms with van der Waals surface area (Å²) >= 11 is 1.66. The van der Waals surface area contributed by atoms with Crippen LogP contribution in [0.2, 0.25) is 0 Å². The Morgan fingerprint density at radius 3 is 2.55 bits per heavy atom. The van der Waals surface area contributed by atoms with E-state index in [4.69, 9.17) is 4.98 Å². The Labute approximate surface area is 169 Å². The van der Waals surface area contributed by atoms with Crippen molar-refractivity contribution < 1.29 is 4.39 Å². The number of aromatic nitrogens is 3. The molecule has 4 aromatic rings. The number of nitrogens with zero attached hydrogens (tertiary/aromatic N) is 4. The van der Waals surface area contributed by atoms with E-state index in [1.807, 2.05) is 18.2 Å². The predicted octanol–water partition coefficient (Wildman–Crippen LogP) is 3.29. The summed E-state index contributed by atoms with van der Waals surface area (Å²) in [7, 11) is 1.51. The van der Waals surface area contributed by atoms with Gasteiger partial charge in [0.2, 0.25) is 0 Å². The summed E-state index contributed by atoms with van der Waals surface area (Å²) in [6.45, 7) is 1.49. The molecule has 1 fully saturated rings. The quantitative estimate of drug-likeness (QED) is 0.476. The highest BCUT2D eigenvalue weighted by Gasteiger charge is 2.26. The molecule has 0 unspecified atom stereocenters. The lowest BCUT2D eigenvalue weighted by Crippen LogP contribution is -2.44. The van der Waals surface area contributed by atoms with E-state index in [-0.39, 0.29) is 6.04 Å². The molecule has 0 atom stereocenters. The number of fused-ring (bicyclic) bond motifs is 2. The number of hydrogen-bond acceptors (Lipinski definition) is 5. The zero-order valence-electron chi connectivity index (χ0n) is 15.8. The maximum absolute atomic E-state index is 13.7. The van der Waals surface area contributed by atoms with Gasteiger partial charge in [0.15, 0.2) is 5.13 Å². The Morgan fingerprint density at radius 1 is 1.03 bits per heavy atom. The van der Waals surface area contributed by atoms with Gasteiger partial charge < -0.3 is 9.47 Å². The lowest BCUT2D eigenvalue weighted by molar-refractivity contribution is 0.394. The molecule has 1 aliphatic rings. The lowest BCUT2D eigenvalue weighted by Gasteiger charge is -2.33. The van der Waals surface area contributed by atoms with Crippen molar-refractivity contribution in [1.82, 2.24) is 14.1 Å². The van der Waals surface area contributed by atoms with E-state index < -0.39 is 16.9 Å². The second-order valence-corrected chi connectivity index (χ2v) is 8.36. The Kier molecular flexibility index (Phi) is 4.24. The molecule has 1 aliphatic heterocycles. The van der Waals surface area contributed by atoms with Gasteiger partial charge in [-0.25, -0.2) is 9.37 Å². The van der Waals surface area contributed by atoms with Crippen LogP contribution in [0.3, 0.4) is 0 Å². The van der Waals surface area contributed by atoms with E-state index in [1.54, 1.807) is 22.0 Å². The molecule has 3 heterocycles. The fourth-order valence-corrected chi connectivity index (χ4v) is 5.12. The minimum absolute atomic E-state index is 0.102. The van der Waals surface area contributed by atoms with Gasteiger partial charge in [0.1, 0.15) is 5.82 Å². The van der Waals surface area contributed by atoms with Crippen molar-refractivity contribution in [3.8, 4) is 0 Å². The van der Waals surface area contributed by atoms with Crippen LogP contribution in [0.4, 0.5) is 9.52 Å². The van der Waals surface area contributed by atoms with Crippen LogP contribution < -0.4 is 16.0 Å². The van der Waals surface area contributed by atoms with E-state index in [0.717, 1.165) is 41.3 Å². The summed E-state index contributed by atoms with van der Waals surface area (Å²) in [5.41, 5.74) is 0.840. The maximum atomic E-state index is 13.7. The van der Waals surface area contributed by atoms with Crippen molar-refractivity contribution in [3.05, 3.63) is 69.0 Å². The molecule has 148 valence electrons. The number of rotatable bonds is 2. The topological polar surface area (TPSA) is 60.1 Å². The SMILES string of the molecule is Cn1c(=O)c(=O)n(C2CCN(c3nc4ccccc4s3)CC2)c2ccc(F)cc21. The molecular formula is C21H19FN4O2S. The molecule has 6 nitrogen and oxygen atoms in total. The van der Waals surface area contributed by atoms with E-state index in [9.17, 15) is 14.0 Å². The Bertz CT molecular complexity index is 1320. The normalized spacial score (nSPS) is 15.4. The van der Waals surface area contributed by atoms with E-state index in [2.05, 4.69) is 11.0 Å². The summed E-state index contributed by atoms with van der Waals surface area (Å²) in [5.74, 6) is -0.427. The number of benzene rings is 2. The average Bonchev–Trinajstić information content (AvgIpc) is 3.17. The Balaban J connectivity index is 1.48. The van der Waals surface area contributed by atoms with E-state index in [0.29, 0.717) is 11.0 Å². The standard InChI is InChI=1S/C21H19FN4O2S/c1-24-17-12-13(22)6-7-16(17)26(20(28)19(24)27)14-8-10-25(11-9-14)21-23-15-4-2-3-5-18(15)29-21/h2-7,12,14H,8-11H2,1H3. The molecule has 0 bridgehead atoms. The highest BCUT2D eigenvalue weighted by atomic mass is 32.1. The van der Waals surface area contributed by atoms with Crippen molar-refractivity contribution >= 4 is 37.7 Å². The number of piperidine rings is 1. The number of anilines is 1. The van der Waals surface area contributed by atoms with Crippen LogP contribution >= 0.6 is 11.3 Å². The van der Waals surface area contributed by atoms with Crippen LogP contribution in [0.25, 0.3) is 21.3 Å². The first kappa shape index (κ1) is 18.1. The summed E-state index contributed by atoms with van der Waals surface area (Å²) in [5, 5.41) is 0.980. The molecule has 2 aromatic heterocycles. The number of para-hydroxylation sites is 1. The number of hydrogen-bond donors (Lipinski definition) is 0. The fraction of sp³-hybridized carbons (Fsp3) is 0.286. The molecule has 2 aromatic carbocycles. The van der Waals surface area contributed by atoms with Crippen LogP contribution in [0.1, 0.15) is 18.9 Å². The summed E-state index contributed by atoms with van der Waals surface area (Å²) in [4.78, 5) is 32.1. The minimum Gasteiger partial charge on any atom is -0.348 e. The van der Waals surface area contributed by atoms with Gasteiger partial charge in [-0.1, -0.05) is 23.5 Å². The molecule has 5 rings (SSSR count). The maximum Gasteiger partial charge on any atom is 0.317 e. The van der Waals surface area contributed by atoms with Crippen molar-refractivity contribution in [1.29, 1.82) is 0 Å². The van der Waals surface area contributed by atoms with Gasteiger partial charge in [0, 0.05) is 26.2 Å². The third kappa shape index (κ3) is 2.95. The monoisotopic (exact) mass is 410 g/mol. The van der Waals surface area contributed by atoms with Crippen LogP contribution in [-0.2, 0) is 7.05 Å². The van der Waals surface area contributed by atoms with Gasteiger partial charge in [-0.2, -0.15) is 0 Å². The van der Waals surface area contributed by atoms with Gasteiger partial charge in [0.05, 0.1) is 21.3 Å². The van der Waals surface area contributed by atoms with Crippen molar-refractivity contribution in [3.63, 3.8) is 0 Å². The zero-order valence-corrected chi connectivity index (χ0v) is 16.7. The molecule has 0 amide bonds. The number of halogens is 1. The molecule has 0 aliphatic carbocycles. The molecule has 0 N–H and O–H groups in total. The molecule has 29 heavy (non-hydrogen) atoms. The van der Waals surface area contributed by atoms with Gasteiger partial charge in [-0.3, -0.25) is 14.2 Å². The largest absolute Gasteiger partial charge is 0.348 e. The minimum atomic E-state index is -0.628. The third-order valence-corrected chi connectivity index (χ3v) is 6.74. The van der Waals surface area contributed by atoms with Crippen LogP contribution in [0.5, 0.6) is 0 Å². The highest BCUT2D eigenvalue weighted by Crippen LogP contribution is 2.32. The molecular weight excluding hydrogens is 391 g/mol. The van der Waals surface area contributed by atoms with Crippen LogP contribution in [0.15, 0.2) is 52.1 Å². The summed E-state index contributed by atoms with van der Waals surface area (Å²) < 4.78 is 17.7. The summed E-state index contributed by atoms with van der Waals surface area (Å²) in [6.07, 6.45) is 1.44. The Hall–Kier alpha value is -3.00. The van der Waals surface area contributed by atoms with Gasteiger partial charge in [-0.05, 0) is 43.2 Å². The fourth-order valence-electron chi connectivity index (χ4n) is 4.11. The first-order valence-corrected chi connectivity index (χ1v) is 10.4. The first-order valence-electron chi connectivity index (χ1n) is 9.54. The molecule has 1 saturated heterocycles. The van der Waals surface area contributed by atoms with Crippen LogP contribution in [-0.4, -0.2) is 27.2 Å². The second-order valence-electron chi connectivity index (χ2n) is 7.35. The first-order chi connectivity index (χ1) is 14.0. The number of aryl methyl sites for hydroxylation is 1. The second kappa shape index (κ2) is 6.81. The average molecular weight is 410 g/mol. The van der Waals surface area contributed by atoms with Gasteiger partial charge >= 0.3 is 11.1 Å². The molecule has 0 saturated carbocycles. The van der Waals surface area contributed by atoms with Crippen molar-refractivity contribution in [2.24, 2.45) is 7.05 Å². The lowest BCUT2D eigenvalue weighted by atomic mass is 10.0. The highest BCUT2D eigenvalue weighted by molar-refractivity contribution is 7.22. The smallest absolute Gasteiger partial charge is 0.317 e. The van der Waals surface area contributed by atoms with Gasteiger partial charge in [0.25, 0.3) is 0 Å². The Morgan fingerprint density at radius 2 is 1.79 bits per heavy atom. The van der Waals surface area contributed by atoms with Crippen molar-refractivity contribution in [2.75, 3.05) is 18.0 Å². The van der Waals surface area contributed by atoms with Crippen molar-refractivity contribution in [2.45, 2.75) is 18.9 Å².